The van der Waals surface area contributed by atoms with Gasteiger partial charge in [-0.3, -0.25) is 14.4 Å². The molecule has 1 aliphatic carbocycles. The van der Waals surface area contributed by atoms with E-state index in [2.05, 4.69) is 78.9 Å². The molecule has 52 heavy (non-hydrogen) atoms. The molecule has 3 aliphatic rings. The number of Topliss-reactive ketones (excluding diaryl/α,β-unsaturated/α-hetero) is 1. The zero-order chi connectivity index (χ0) is 37.5. The average molecular weight is 709 g/mol. The third-order valence-corrected chi connectivity index (χ3v) is 10.4. The molecule has 9 nitrogen and oxygen atoms in total. The van der Waals surface area contributed by atoms with E-state index in [9.17, 15) is 14.4 Å². The second kappa shape index (κ2) is 17.3. The molecule has 0 aromatic heterocycles. The number of carbonyl (C=O) groups excluding carboxylic acids is 3. The van der Waals surface area contributed by atoms with Gasteiger partial charge in [0, 0.05) is 97.5 Å². The van der Waals surface area contributed by atoms with Crippen molar-refractivity contribution in [2.24, 2.45) is 5.92 Å². The highest BCUT2D eigenvalue weighted by Gasteiger charge is 2.29. The quantitative estimate of drug-likeness (QED) is 0.119. The van der Waals surface area contributed by atoms with Crippen LogP contribution in [0.2, 0.25) is 0 Å². The summed E-state index contributed by atoms with van der Waals surface area (Å²) in [6, 6.07) is 20.5. The van der Waals surface area contributed by atoms with Crippen LogP contribution in [0.25, 0.3) is 33.4 Å². The van der Waals surface area contributed by atoms with Gasteiger partial charge in [0.05, 0.1) is 12.1 Å². The number of ketones is 1. The molecule has 5 rings (SSSR count). The van der Waals surface area contributed by atoms with Crippen LogP contribution < -0.4 is 20.1 Å². The summed E-state index contributed by atoms with van der Waals surface area (Å²) >= 11 is 0. The van der Waals surface area contributed by atoms with Gasteiger partial charge in [-0.1, -0.05) is 45.9 Å². The predicted octanol–water partition coefficient (Wildman–Crippen LogP) is 6.52. The van der Waals surface area contributed by atoms with E-state index in [1.807, 2.05) is 61.8 Å². The highest BCUT2D eigenvalue weighted by molar-refractivity contribution is 6.09. The fourth-order valence-corrected chi connectivity index (χ4v) is 7.48. The van der Waals surface area contributed by atoms with Crippen LogP contribution in [0.3, 0.4) is 0 Å². The Hall–Kier alpha value is -4.50. The fraction of sp³-hybridized carbons (Fsp3) is 0.488. The number of amides is 2. The third kappa shape index (κ3) is 8.41. The molecule has 2 aromatic rings. The molecular formula is C43H58N5O4+. The number of anilines is 1. The van der Waals surface area contributed by atoms with Gasteiger partial charge in [0.2, 0.25) is 11.3 Å². The second-order valence-corrected chi connectivity index (χ2v) is 14.4. The number of benzene rings is 3. The molecule has 1 N–H and O–H groups in total. The van der Waals surface area contributed by atoms with Crippen molar-refractivity contribution >= 4 is 34.3 Å². The largest absolute Gasteiger partial charge is 0.456 e. The van der Waals surface area contributed by atoms with E-state index in [0.717, 1.165) is 70.6 Å². The highest BCUT2D eigenvalue weighted by atomic mass is 16.3. The molecule has 0 radical (unpaired) electrons. The number of nitrogens with zero attached hydrogens (tertiary/aromatic N) is 4. The van der Waals surface area contributed by atoms with Crippen LogP contribution in [0, 0.1) is 5.92 Å². The Morgan fingerprint density at radius 1 is 0.827 bits per heavy atom. The number of hydrogen-bond acceptors (Lipinski definition) is 6. The van der Waals surface area contributed by atoms with E-state index in [-0.39, 0.29) is 35.6 Å². The maximum absolute atomic E-state index is 14.4. The van der Waals surface area contributed by atoms with Crippen LogP contribution in [0.15, 0.2) is 65.1 Å². The van der Waals surface area contributed by atoms with Crippen molar-refractivity contribution in [3.05, 3.63) is 71.6 Å². The monoisotopic (exact) mass is 708 g/mol. The first-order chi connectivity index (χ1) is 25.0. The lowest BCUT2D eigenvalue weighted by Crippen LogP contribution is -2.51. The van der Waals surface area contributed by atoms with Gasteiger partial charge in [-0.2, -0.15) is 0 Å². The predicted molar refractivity (Wildman–Crippen MR) is 212 cm³/mol. The Bertz CT molecular complexity index is 1910. The third-order valence-electron chi connectivity index (χ3n) is 10.4. The van der Waals surface area contributed by atoms with E-state index in [0.29, 0.717) is 44.6 Å². The molecule has 1 atom stereocenters. The molecule has 278 valence electrons. The van der Waals surface area contributed by atoms with Crippen LogP contribution in [0.4, 0.5) is 5.69 Å². The van der Waals surface area contributed by atoms with Crippen LogP contribution in [-0.4, -0.2) is 91.8 Å². The van der Waals surface area contributed by atoms with Gasteiger partial charge >= 0.3 is 0 Å². The Balaban J connectivity index is 1.45. The number of nitrogens with one attached hydrogen (secondary N) is 1. The lowest BCUT2D eigenvalue weighted by Gasteiger charge is -2.35. The first kappa shape index (κ1) is 38.7. The summed E-state index contributed by atoms with van der Waals surface area (Å²) in [5.74, 6) is 0.794. The standard InChI is InChI=1S/C43H58N5O4/c1-9-45(10-2)31-17-19-35-38(27-31)52-39-28-32(46(11-3)12-4)18-20-36(39)41(35)33-15-13-14-16-34(33)43(51)48-25-23-47(24-26-48)40(49)22-21-37(44-30(7)8)42(50)29(5)6/h13-20,27-30,37,44H,9-12,21-26H2,1-8H3/q+1/t37-/m0/s1. The van der Waals surface area contributed by atoms with Crippen molar-refractivity contribution < 1.29 is 18.8 Å². The first-order valence-electron chi connectivity index (χ1n) is 19.3. The van der Waals surface area contributed by atoms with Crippen molar-refractivity contribution in [1.29, 1.82) is 0 Å². The number of hydrogen-bond donors (Lipinski definition) is 1. The minimum atomic E-state index is -0.339. The van der Waals surface area contributed by atoms with Crippen molar-refractivity contribution in [2.75, 3.05) is 57.3 Å². The summed E-state index contributed by atoms with van der Waals surface area (Å²) in [6.07, 6.45) is 0.767. The minimum Gasteiger partial charge on any atom is -0.456 e. The molecule has 0 unspecified atom stereocenters. The second-order valence-electron chi connectivity index (χ2n) is 14.4. The van der Waals surface area contributed by atoms with Crippen molar-refractivity contribution in [1.82, 2.24) is 19.7 Å². The normalized spacial score (nSPS) is 14.0. The van der Waals surface area contributed by atoms with Gasteiger partial charge in [0.1, 0.15) is 24.4 Å². The van der Waals surface area contributed by atoms with Crippen LogP contribution in [0.1, 0.15) is 78.6 Å². The molecule has 1 fully saturated rings. The number of fused-ring (bicyclic) bond motifs is 2. The summed E-state index contributed by atoms with van der Waals surface area (Å²) in [4.78, 5) is 46.5. The summed E-state index contributed by atoms with van der Waals surface area (Å²) in [6.45, 7) is 21.8. The lowest BCUT2D eigenvalue weighted by molar-refractivity contribution is -0.133. The molecule has 0 spiro atoms. The molecule has 0 bridgehead atoms. The maximum Gasteiger partial charge on any atom is 0.254 e. The van der Waals surface area contributed by atoms with Gasteiger partial charge in [-0.05, 0) is 63.9 Å². The Labute approximate surface area is 309 Å². The van der Waals surface area contributed by atoms with E-state index in [1.165, 1.54) is 0 Å². The minimum absolute atomic E-state index is 0.0266. The zero-order valence-electron chi connectivity index (χ0n) is 32.5. The van der Waals surface area contributed by atoms with E-state index < -0.39 is 0 Å². The summed E-state index contributed by atoms with van der Waals surface area (Å²) in [5.41, 5.74) is 5.30. The molecule has 2 heterocycles. The Morgan fingerprint density at radius 3 is 2.13 bits per heavy atom. The number of carbonyl (C=O) groups is 3. The SMILES string of the molecule is CCN(CC)c1ccc2c(-c3ccccc3C(=O)N3CCN(C(=O)CC[C@H](NC(C)C)C(=O)C(C)C)CC3)c3ccc(=[N+](CC)CC)cc-3oc2c1. The molecular weight excluding hydrogens is 651 g/mol. The molecule has 2 amide bonds. The molecule has 2 aliphatic heterocycles. The summed E-state index contributed by atoms with van der Waals surface area (Å²) in [7, 11) is 0. The molecule has 1 saturated heterocycles. The Morgan fingerprint density at radius 2 is 1.50 bits per heavy atom. The molecule has 2 aromatic carbocycles. The van der Waals surface area contributed by atoms with E-state index in [4.69, 9.17) is 4.42 Å². The Kier molecular flexibility index (Phi) is 12.9. The van der Waals surface area contributed by atoms with Gasteiger partial charge in [0.25, 0.3) is 5.91 Å². The fourth-order valence-electron chi connectivity index (χ4n) is 7.48. The molecule has 0 saturated carbocycles. The topological polar surface area (TPSA) is 89.1 Å². The van der Waals surface area contributed by atoms with Gasteiger partial charge in [-0.15, -0.1) is 0 Å². The number of rotatable bonds is 14. The van der Waals surface area contributed by atoms with Crippen molar-refractivity contribution in [3.63, 3.8) is 0 Å². The number of piperazine rings is 1. The highest BCUT2D eigenvalue weighted by Crippen LogP contribution is 2.42. The van der Waals surface area contributed by atoms with Gasteiger partial charge in [0.15, 0.2) is 5.78 Å². The summed E-state index contributed by atoms with van der Waals surface area (Å²) < 4.78 is 8.99. The van der Waals surface area contributed by atoms with Crippen LogP contribution in [0.5, 0.6) is 0 Å². The summed E-state index contributed by atoms with van der Waals surface area (Å²) in [5, 5.41) is 5.40. The lowest BCUT2D eigenvalue weighted by atomic mass is 9.90. The van der Waals surface area contributed by atoms with Crippen LogP contribution in [-0.2, 0) is 9.59 Å². The van der Waals surface area contributed by atoms with E-state index >= 15 is 0 Å². The smallest absolute Gasteiger partial charge is 0.254 e. The molecule has 9 heteroatoms. The maximum atomic E-state index is 14.4. The van der Waals surface area contributed by atoms with Gasteiger partial charge in [-0.25, -0.2) is 4.58 Å². The van der Waals surface area contributed by atoms with Crippen LogP contribution >= 0.6 is 0 Å². The van der Waals surface area contributed by atoms with Crippen molar-refractivity contribution in [2.45, 2.75) is 80.3 Å². The van der Waals surface area contributed by atoms with Crippen molar-refractivity contribution in [3.8, 4) is 22.5 Å². The van der Waals surface area contributed by atoms with E-state index in [1.54, 1.807) is 0 Å². The average Bonchev–Trinajstić information content (AvgIpc) is 3.15. The van der Waals surface area contributed by atoms with Gasteiger partial charge < -0.3 is 24.4 Å². The zero-order valence-corrected chi connectivity index (χ0v) is 32.5. The first-order valence-corrected chi connectivity index (χ1v) is 19.3.